The molecule has 0 saturated carbocycles. The number of hydroxylamine groups is 1. The summed E-state index contributed by atoms with van der Waals surface area (Å²) in [7, 11) is 0. The van der Waals surface area contributed by atoms with Crippen LogP contribution < -0.4 is 5.48 Å². The maximum absolute atomic E-state index is 8.33. The summed E-state index contributed by atoms with van der Waals surface area (Å²) in [5.74, 6) is 0.615. The molecule has 0 atom stereocenters. The van der Waals surface area contributed by atoms with E-state index in [-0.39, 0.29) is 0 Å². The molecule has 1 aliphatic rings. The van der Waals surface area contributed by atoms with Crippen molar-refractivity contribution in [3.05, 3.63) is 0 Å². The van der Waals surface area contributed by atoms with Crippen LogP contribution in [0.4, 0.5) is 0 Å². The average molecular weight is 131 g/mol. The molecule has 3 heteroatoms. The van der Waals surface area contributed by atoms with Gasteiger partial charge in [0.25, 0.3) is 0 Å². The van der Waals surface area contributed by atoms with E-state index in [0.29, 0.717) is 12.5 Å². The lowest BCUT2D eigenvalue weighted by Crippen LogP contribution is -2.25. The average Bonchev–Trinajstić information content (AvgIpc) is 1.91. The summed E-state index contributed by atoms with van der Waals surface area (Å²) >= 11 is 0. The molecule has 0 amide bonds. The first kappa shape index (κ1) is 6.99. The van der Waals surface area contributed by atoms with E-state index in [1.807, 2.05) is 0 Å². The van der Waals surface area contributed by atoms with Crippen molar-refractivity contribution in [2.45, 2.75) is 12.8 Å². The van der Waals surface area contributed by atoms with E-state index in [1.54, 1.807) is 0 Å². The third-order valence-corrected chi connectivity index (χ3v) is 1.72. The third kappa shape index (κ3) is 2.30. The molecule has 9 heavy (non-hydrogen) atoms. The van der Waals surface area contributed by atoms with Crippen molar-refractivity contribution in [1.82, 2.24) is 5.48 Å². The summed E-state index contributed by atoms with van der Waals surface area (Å²) < 4.78 is 5.14. The second-order valence-corrected chi connectivity index (χ2v) is 2.42. The summed E-state index contributed by atoms with van der Waals surface area (Å²) in [5.41, 5.74) is 2.18. The summed E-state index contributed by atoms with van der Waals surface area (Å²) in [5, 5.41) is 8.33. The fourth-order valence-corrected chi connectivity index (χ4v) is 1.08. The van der Waals surface area contributed by atoms with E-state index < -0.39 is 0 Å². The highest BCUT2D eigenvalue weighted by Gasteiger charge is 2.11. The number of hydrogen-bond donors (Lipinski definition) is 2. The van der Waals surface area contributed by atoms with Gasteiger partial charge >= 0.3 is 0 Å². The van der Waals surface area contributed by atoms with Crippen molar-refractivity contribution >= 4 is 0 Å². The molecule has 0 spiro atoms. The van der Waals surface area contributed by atoms with Gasteiger partial charge in [0, 0.05) is 19.8 Å². The van der Waals surface area contributed by atoms with Gasteiger partial charge in [0.05, 0.1) is 0 Å². The lowest BCUT2D eigenvalue weighted by molar-refractivity contribution is 0.0497. The first-order valence-electron chi connectivity index (χ1n) is 3.38. The Morgan fingerprint density at radius 2 is 2.11 bits per heavy atom. The molecule has 0 aliphatic carbocycles. The zero-order valence-corrected chi connectivity index (χ0v) is 5.47. The highest BCUT2D eigenvalue weighted by Crippen LogP contribution is 2.12. The van der Waals surface area contributed by atoms with Gasteiger partial charge in [0.15, 0.2) is 0 Å². The predicted octanol–water partition coefficient (Wildman–Crippen LogP) is 0.392. The number of nitrogens with one attached hydrogen (secondary N) is 1. The van der Waals surface area contributed by atoms with Crippen molar-refractivity contribution in [2.24, 2.45) is 5.92 Å². The minimum Gasteiger partial charge on any atom is -0.381 e. The predicted molar refractivity (Wildman–Crippen MR) is 33.3 cm³/mol. The SMILES string of the molecule is ONCC1CCOCC1. The van der Waals surface area contributed by atoms with Gasteiger partial charge in [-0.05, 0) is 18.8 Å². The van der Waals surface area contributed by atoms with Crippen molar-refractivity contribution in [3.63, 3.8) is 0 Å². The Morgan fingerprint density at radius 3 is 2.67 bits per heavy atom. The molecule has 0 unspecified atom stereocenters. The van der Waals surface area contributed by atoms with Gasteiger partial charge in [-0.2, -0.15) is 0 Å². The normalized spacial score (nSPS) is 22.3. The zero-order chi connectivity index (χ0) is 6.53. The van der Waals surface area contributed by atoms with Crippen LogP contribution >= 0.6 is 0 Å². The summed E-state index contributed by atoms with van der Waals surface area (Å²) in [6.07, 6.45) is 2.15. The molecule has 0 aromatic carbocycles. The lowest BCUT2D eigenvalue weighted by atomic mass is 10.0. The van der Waals surface area contributed by atoms with Gasteiger partial charge in [0.1, 0.15) is 0 Å². The van der Waals surface area contributed by atoms with Crippen LogP contribution in [0.5, 0.6) is 0 Å². The number of hydrogen-bond acceptors (Lipinski definition) is 3. The van der Waals surface area contributed by atoms with Crippen LogP contribution in [0.3, 0.4) is 0 Å². The zero-order valence-electron chi connectivity index (χ0n) is 5.47. The number of ether oxygens (including phenoxy) is 1. The van der Waals surface area contributed by atoms with Crippen LogP contribution in [0.1, 0.15) is 12.8 Å². The lowest BCUT2D eigenvalue weighted by Gasteiger charge is -2.20. The van der Waals surface area contributed by atoms with E-state index >= 15 is 0 Å². The van der Waals surface area contributed by atoms with Crippen LogP contribution in [-0.4, -0.2) is 25.0 Å². The Morgan fingerprint density at radius 1 is 1.44 bits per heavy atom. The molecule has 1 rings (SSSR count). The molecule has 54 valence electrons. The van der Waals surface area contributed by atoms with Crippen LogP contribution in [0.25, 0.3) is 0 Å². The standard InChI is InChI=1S/C6H13NO2/c8-7-5-6-1-3-9-4-2-6/h6-8H,1-5H2. The van der Waals surface area contributed by atoms with Gasteiger partial charge in [-0.25, -0.2) is 5.48 Å². The fraction of sp³-hybridized carbons (Fsp3) is 1.00. The maximum atomic E-state index is 8.33. The summed E-state index contributed by atoms with van der Waals surface area (Å²) in [4.78, 5) is 0. The molecule has 0 aromatic heterocycles. The quantitative estimate of drug-likeness (QED) is 0.533. The molecule has 0 aromatic rings. The second kappa shape index (κ2) is 3.82. The first-order chi connectivity index (χ1) is 4.43. The van der Waals surface area contributed by atoms with Crippen LogP contribution in [0.15, 0.2) is 0 Å². The van der Waals surface area contributed by atoms with Crippen molar-refractivity contribution < 1.29 is 9.94 Å². The van der Waals surface area contributed by atoms with Gasteiger partial charge < -0.3 is 9.94 Å². The molecule has 0 bridgehead atoms. The maximum Gasteiger partial charge on any atom is 0.0469 e. The first-order valence-corrected chi connectivity index (χ1v) is 3.38. The molecule has 1 aliphatic heterocycles. The summed E-state index contributed by atoms with van der Waals surface area (Å²) in [6.45, 7) is 2.42. The van der Waals surface area contributed by atoms with E-state index in [2.05, 4.69) is 5.48 Å². The Hall–Kier alpha value is -0.120. The van der Waals surface area contributed by atoms with Crippen molar-refractivity contribution in [3.8, 4) is 0 Å². The fourth-order valence-electron chi connectivity index (χ4n) is 1.08. The molecule has 1 fully saturated rings. The Labute approximate surface area is 55.0 Å². The second-order valence-electron chi connectivity index (χ2n) is 2.42. The van der Waals surface area contributed by atoms with E-state index in [9.17, 15) is 0 Å². The molecular formula is C6H13NO2. The minimum absolute atomic E-state index is 0.615. The van der Waals surface area contributed by atoms with E-state index in [0.717, 1.165) is 26.1 Å². The Bertz CT molecular complexity index is 68.7. The smallest absolute Gasteiger partial charge is 0.0469 e. The van der Waals surface area contributed by atoms with Crippen LogP contribution in [0.2, 0.25) is 0 Å². The molecule has 3 nitrogen and oxygen atoms in total. The summed E-state index contributed by atoms with van der Waals surface area (Å²) in [6, 6.07) is 0. The largest absolute Gasteiger partial charge is 0.381 e. The molecule has 1 saturated heterocycles. The van der Waals surface area contributed by atoms with Crippen LogP contribution in [-0.2, 0) is 4.74 Å². The molecular weight excluding hydrogens is 118 g/mol. The highest BCUT2D eigenvalue weighted by atomic mass is 16.5. The van der Waals surface area contributed by atoms with Gasteiger partial charge in [-0.1, -0.05) is 0 Å². The number of rotatable bonds is 2. The third-order valence-electron chi connectivity index (χ3n) is 1.72. The minimum atomic E-state index is 0.615. The molecule has 1 heterocycles. The van der Waals surface area contributed by atoms with Gasteiger partial charge in [-0.3, -0.25) is 0 Å². The van der Waals surface area contributed by atoms with Crippen molar-refractivity contribution in [2.75, 3.05) is 19.8 Å². The molecule has 2 N–H and O–H groups in total. The monoisotopic (exact) mass is 131 g/mol. The van der Waals surface area contributed by atoms with Crippen molar-refractivity contribution in [1.29, 1.82) is 0 Å². The van der Waals surface area contributed by atoms with E-state index in [1.165, 1.54) is 0 Å². The van der Waals surface area contributed by atoms with Crippen LogP contribution in [0, 0.1) is 5.92 Å². The Kier molecular flexibility index (Phi) is 2.97. The molecule has 0 radical (unpaired) electrons. The van der Waals surface area contributed by atoms with E-state index in [4.69, 9.17) is 9.94 Å². The highest BCUT2D eigenvalue weighted by molar-refractivity contribution is 4.63. The van der Waals surface area contributed by atoms with Gasteiger partial charge in [-0.15, -0.1) is 0 Å². The van der Waals surface area contributed by atoms with Gasteiger partial charge in [0.2, 0.25) is 0 Å². The topological polar surface area (TPSA) is 41.5 Å². The Balaban J connectivity index is 2.08.